The molecule has 0 aliphatic rings. The van der Waals surface area contributed by atoms with Crippen molar-refractivity contribution in [3.63, 3.8) is 0 Å². The van der Waals surface area contributed by atoms with Crippen LogP contribution in [-0.2, 0) is 4.74 Å². The molecule has 90 valence electrons. The fourth-order valence-electron chi connectivity index (χ4n) is 2.00. The molecule has 2 aromatic heterocycles. The van der Waals surface area contributed by atoms with Crippen LogP contribution >= 0.6 is 0 Å². The lowest BCUT2D eigenvalue weighted by molar-refractivity contribution is 0.0594. The number of ether oxygens (including phenoxy) is 1. The van der Waals surface area contributed by atoms with Crippen LogP contribution in [-0.4, -0.2) is 28.2 Å². The zero-order valence-electron chi connectivity index (χ0n) is 9.60. The van der Waals surface area contributed by atoms with Crippen LogP contribution < -0.4 is 0 Å². The molecule has 0 amide bonds. The second-order valence-electron chi connectivity index (χ2n) is 3.96. The van der Waals surface area contributed by atoms with E-state index in [4.69, 9.17) is 0 Å². The lowest BCUT2D eigenvalue weighted by Gasteiger charge is -1.98. The van der Waals surface area contributed by atoms with E-state index in [2.05, 4.69) is 14.7 Å². The Hall–Kier alpha value is -2.56. The van der Waals surface area contributed by atoms with Gasteiger partial charge in [-0.1, -0.05) is 0 Å². The summed E-state index contributed by atoms with van der Waals surface area (Å²) < 4.78 is 4.64. The maximum atomic E-state index is 11.4. The summed E-state index contributed by atoms with van der Waals surface area (Å²) in [7, 11) is 1.31. The van der Waals surface area contributed by atoms with Gasteiger partial charge in [0.15, 0.2) is 0 Å². The van der Waals surface area contributed by atoms with Crippen molar-refractivity contribution < 1.29 is 14.6 Å². The molecule has 0 bridgehead atoms. The van der Waals surface area contributed by atoms with E-state index in [1.54, 1.807) is 30.5 Å². The number of H-pyrrole nitrogens is 1. The van der Waals surface area contributed by atoms with Gasteiger partial charge >= 0.3 is 5.97 Å². The van der Waals surface area contributed by atoms with Gasteiger partial charge in [0.05, 0.1) is 18.8 Å². The molecule has 0 saturated carbocycles. The highest BCUT2D eigenvalue weighted by Crippen LogP contribution is 2.28. The van der Waals surface area contributed by atoms with E-state index < -0.39 is 5.97 Å². The van der Waals surface area contributed by atoms with Gasteiger partial charge in [-0.2, -0.15) is 0 Å². The Morgan fingerprint density at radius 3 is 2.83 bits per heavy atom. The predicted octanol–water partition coefficient (Wildman–Crippen LogP) is 2.21. The summed E-state index contributed by atoms with van der Waals surface area (Å²) in [5, 5.41) is 11.2. The van der Waals surface area contributed by atoms with Crippen molar-refractivity contribution in [2.24, 2.45) is 0 Å². The number of rotatable bonds is 1. The largest absolute Gasteiger partial charge is 0.508 e. The van der Waals surface area contributed by atoms with Crippen molar-refractivity contribution in [1.29, 1.82) is 0 Å². The number of nitrogens with one attached hydrogen (secondary N) is 1. The topological polar surface area (TPSA) is 75.2 Å². The van der Waals surface area contributed by atoms with Crippen LogP contribution in [0.15, 0.2) is 30.5 Å². The third kappa shape index (κ3) is 1.48. The molecule has 0 atom stereocenters. The van der Waals surface area contributed by atoms with E-state index in [0.29, 0.717) is 0 Å². The number of carbonyl (C=O) groups excluding carboxylic acids is 1. The first-order valence-corrected chi connectivity index (χ1v) is 5.38. The molecule has 0 aliphatic carbocycles. The van der Waals surface area contributed by atoms with Gasteiger partial charge in [0.1, 0.15) is 11.4 Å². The number of fused-ring (bicyclic) bond motifs is 3. The number of phenols is 1. The van der Waals surface area contributed by atoms with E-state index in [1.165, 1.54) is 7.11 Å². The number of nitrogens with zero attached hydrogens (tertiary/aromatic N) is 1. The van der Waals surface area contributed by atoms with Gasteiger partial charge in [-0.3, -0.25) is 0 Å². The van der Waals surface area contributed by atoms with Crippen molar-refractivity contribution in [3.05, 3.63) is 36.2 Å². The molecule has 2 heterocycles. The van der Waals surface area contributed by atoms with Crippen LogP contribution in [0.4, 0.5) is 0 Å². The van der Waals surface area contributed by atoms with Crippen molar-refractivity contribution in [3.8, 4) is 5.75 Å². The van der Waals surface area contributed by atoms with Gasteiger partial charge in [0.2, 0.25) is 0 Å². The average Bonchev–Trinajstić information content (AvgIpc) is 2.75. The Balaban J connectivity index is 2.34. The van der Waals surface area contributed by atoms with Gasteiger partial charge in [0.25, 0.3) is 0 Å². The summed E-state index contributed by atoms with van der Waals surface area (Å²) in [5.41, 5.74) is 1.93. The number of pyridine rings is 1. The third-order valence-corrected chi connectivity index (χ3v) is 2.86. The number of phenolic OH excluding ortho intramolecular Hbond substituents is 1. The minimum absolute atomic E-state index is 0.180. The molecule has 0 spiro atoms. The number of aromatic hydroxyl groups is 1. The summed E-state index contributed by atoms with van der Waals surface area (Å²) in [5.74, 6) is -0.300. The molecule has 0 fully saturated rings. The number of esters is 1. The second-order valence-corrected chi connectivity index (χ2v) is 3.96. The third-order valence-electron chi connectivity index (χ3n) is 2.86. The fourth-order valence-corrected chi connectivity index (χ4v) is 2.00. The van der Waals surface area contributed by atoms with Gasteiger partial charge in [-0.25, -0.2) is 9.78 Å². The number of hydrogen-bond donors (Lipinski definition) is 2. The molecule has 18 heavy (non-hydrogen) atoms. The first-order valence-electron chi connectivity index (χ1n) is 5.38. The standard InChI is InChI=1S/C13H10N2O3/c1-18-13(17)11-5-9-8-4-7(16)2-3-10(8)15-12(9)6-14-11/h2-6,15-16H,1H3. The summed E-state index contributed by atoms with van der Waals surface area (Å²) in [6.45, 7) is 0. The smallest absolute Gasteiger partial charge is 0.356 e. The molecule has 1 aromatic carbocycles. The minimum atomic E-state index is -0.480. The highest BCUT2D eigenvalue weighted by atomic mass is 16.5. The predicted molar refractivity (Wildman–Crippen MR) is 66.6 cm³/mol. The van der Waals surface area contributed by atoms with Gasteiger partial charge in [-0.15, -0.1) is 0 Å². The zero-order valence-corrected chi connectivity index (χ0v) is 9.60. The maximum absolute atomic E-state index is 11.4. The highest BCUT2D eigenvalue weighted by Gasteiger charge is 2.11. The van der Waals surface area contributed by atoms with E-state index >= 15 is 0 Å². The Morgan fingerprint density at radius 2 is 2.06 bits per heavy atom. The molecule has 0 saturated heterocycles. The molecule has 3 rings (SSSR count). The number of benzene rings is 1. The Morgan fingerprint density at radius 1 is 1.28 bits per heavy atom. The van der Waals surface area contributed by atoms with Crippen LogP contribution in [0.2, 0.25) is 0 Å². The summed E-state index contributed by atoms with van der Waals surface area (Å²) >= 11 is 0. The van der Waals surface area contributed by atoms with Crippen molar-refractivity contribution >= 4 is 27.8 Å². The fraction of sp³-hybridized carbons (Fsp3) is 0.0769. The number of carbonyl (C=O) groups is 1. The van der Waals surface area contributed by atoms with Crippen LogP contribution in [0.25, 0.3) is 21.8 Å². The number of aromatic amines is 1. The first kappa shape index (κ1) is 10.6. The van der Waals surface area contributed by atoms with Crippen molar-refractivity contribution in [2.75, 3.05) is 7.11 Å². The molecular weight excluding hydrogens is 232 g/mol. The molecule has 2 N–H and O–H groups in total. The molecule has 0 aliphatic heterocycles. The van der Waals surface area contributed by atoms with E-state index in [0.717, 1.165) is 21.8 Å². The molecule has 0 radical (unpaired) electrons. The Bertz CT molecular complexity index is 761. The first-order chi connectivity index (χ1) is 8.69. The molecule has 5 nitrogen and oxygen atoms in total. The summed E-state index contributed by atoms with van der Waals surface area (Å²) in [4.78, 5) is 18.6. The monoisotopic (exact) mass is 242 g/mol. The van der Waals surface area contributed by atoms with Crippen LogP contribution in [0.3, 0.4) is 0 Å². The van der Waals surface area contributed by atoms with Crippen molar-refractivity contribution in [1.82, 2.24) is 9.97 Å². The molecule has 5 heteroatoms. The minimum Gasteiger partial charge on any atom is -0.508 e. The highest BCUT2D eigenvalue weighted by molar-refractivity contribution is 6.09. The lowest BCUT2D eigenvalue weighted by atomic mass is 10.1. The van der Waals surface area contributed by atoms with Crippen LogP contribution in [0.1, 0.15) is 10.5 Å². The van der Waals surface area contributed by atoms with Crippen LogP contribution in [0.5, 0.6) is 5.75 Å². The quantitative estimate of drug-likeness (QED) is 0.641. The number of methoxy groups -OCH3 is 1. The van der Waals surface area contributed by atoms with Gasteiger partial charge < -0.3 is 14.8 Å². The average molecular weight is 242 g/mol. The Kier molecular flexibility index (Phi) is 2.19. The molecular formula is C13H10N2O3. The molecule has 3 aromatic rings. The SMILES string of the molecule is COC(=O)c1cc2c(cn1)[nH]c1ccc(O)cc12. The lowest BCUT2D eigenvalue weighted by Crippen LogP contribution is -2.03. The van der Waals surface area contributed by atoms with E-state index in [-0.39, 0.29) is 11.4 Å². The van der Waals surface area contributed by atoms with Crippen molar-refractivity contribution in [2.45, 2.75) is 0 Å². The zero-order chi connectivity index (χ0) is 12.7. The number of hydrogen-bond acceptors (Lipinski definition) is 4. The Labute approximate surface area is 102 Å². The number of aromatic nitrogens is 2. The maximum Gasteiger partial charge on any atom is 0.356 e. The van der Waals surface area contributed by atoms with Crippen LogP contribution in [0, 0.1) is 0 Å². The molecule has 0 unspecified atom stereocenters. The summed E-state index contributed by atoms with van der Waals surface area (Å²) in [6, 6.07) is 6.68. The van der Waals surface area contributed by atoms with Gasteiger partial charge in [0, 0.05) is 16.3 Å². The normalized spacial score (nSPS) is 10.9. The van der Waals surface area contributed by atoms with E-state index in [1.807, 2.05) is 0 Å². The van der Waals surface area contributed by atoms with Gasteiger partial charge in [-0.05, 0) is 24.3 Å². The second kappa shape index (κ2) is 3.73. The van der Waals surface area contributed by atoms with E-state index in [9.17, 15) is 9.90 Å². The summed E-state index contributed by atoms with van der Waals surface area (Å²) in [6.07, 6.45) is 1.58.